The summed E-state index contributed by atoms with van der Waals surface area (Å²) in [7, 11) is 0. The Balaban J connectivity index is 1.95. The predicted molar refractivity (Wildman–Crippen MR) is 104 cm³/mol. The van der Waals surface area contributed by atoms with Crippen LogP contribution < -0.4 is 10.6 Å². The van der Waals surface area contributed by atoms with Gasteiger partial charge in [0.15, 0.2) is 0 Å². The lowest BCUT2D eigenvalue weighted by atomic mass is 9.92. The Hall–Kier alpha value is -3.53. The molecular weight excluding hydrogens is 403 g/mol. The Morgan fingerprint density at radius 1 is 1.07 bits per heavy atom. The molecular formula is C20H18F3N3O4. The summed E-state index contributed by atoms with van der Waals surface area (Å²) in [5.74, 6) is -1.83. The van der Waals surface area contributed by atoms with Crippen LogP contribution in [0.25, 0.3) is 10.9 Å². The molecule has 0 saturated heterocycles. The molecule has 1 unspecified atom stereocenters. The quantitative estimate of drug-likeness (QED) is 0.465. The van der Waals surface area contributed by atoms with Gasteiger partial charge in [0.25, 0.3) is 5.60 Å². The second kappa shape index (κ2) is 8.07. The summed E-state index contributed by atoms with van der Waals surface area (Å²) in [5, 5.41) is 15.3. The molecule has 0 radical (unpaired) electrons. The van der Waals surface area contributed by atoms with Crippen LogP contribution in [0.2, 0.25) is 0 Å². The highest BCUT2D eigenvalue weighted by molar-refractivity contribution is 6.02. The third kappa shape index (κ3) is 3.94. The van der Waals surface area contributed by atoms with Gasteiger partial charge in [-0.25, -0.2) is 9.59 Å². The monoisotopic (exact) mass is 421 g/mol. The molecule has 1 aromatic heterocycles. The lowest BCUT2D eigenvalue weighted by molar-refractivity contribution is -0.267. The highest BCUT2D eigenvalue weighted by Crippen LogP contribution is 2.43. The maximum atomic E-state index is 13.7. The van der Waals surface area contributed by atoms with Crippen molar-refractivity contribution >= 4 is 34.3 Å². The lowest BCUT2D eigenvalue weighted by Gasteiger charge is -2.27. The number of carbonyl (C=O) groups excluding carboxylic acids is 2. The zero-order valence-corrected chi connectivity index (χ0v) is 15.7. The molecule has 0 aliphatic carbocycles. The smallest absolute Gasteiger partial charge is 0.432 e. The van der Waals surface area contributed by atoms with Crippen LogP contribution in [-0.2, 0) is 15.1 Å². The van der Waals surface area contributed by atoms with Gasteiger partial charge in [-0.2, -0.15) is 13.2 Å². The number of anilines is 2. The number of H-pyrrole nitrogens is 1. The molecule has 158 valence electrons. The number of amides is 2. The predicted octanol–water partition coefficient (Wildman–Crippen LogP) is 4.12. The fourth-order valence-electron chi connectivity index (χ4n) is 2.93. The van der Waals surface area contributed by atoms with E-state index in [1.807, 2.05) is 0 Å². The van der Waals surface area contributed by atoms with Gasteiger partial charge in [0.1, 0.15) is 0 Å². The third-order valence-corrected chi connectivity index (χ3v) is 4.34. The van der Waals surface area contributed by atoms with Gasteiger partial charge in [-0.15, -0.1) is 0 Å². The van der Waals surface area contributed by atoms with E-state index in [-0.39, 0.29) is 23.2 Å². The van der Waals surface area contributed by atoms with E-state index in [0.29, 0.717) is 5.69 Å². The van der Waals surface area contributed by atoms with Gasteiger partial charge in [-0.1, -0.05) is 18.2 Å². The summed E-state index contributed by atoms with van der Waals surface area (Å²) in [6.07, 6.45) is -4.44. The number of hydrogen-bond donors (Lipinski definition) is 4. The van der Waals surface area contributed by atoms with Crippen LogP contribution in [0.1, 0.15) is 12.5 Å². The Bertz CT molecular complexity index is 1070. The molecule has 0 bridgehead atoms. The van der Waals surface area contributed by atoms with E-state index in [0.717, 1.165) is 6.20 Å². The number of carbonyl (C=O) groups is 2. The standard InChI is InChI=1S/C20H18F3N3O4/c1-2-30-17(27)19(29,20(21,22)23)15-11-24-16-9-8-13(10-14(15)16)26-18(28)25-12-6-4-3-5-7-12/h3-11,24,29H,2H2,1H3,(H2,25,26,28). The summed E-state index contributed by atoms with van der Waals surface area (Å²) in [6, 6.07) is 12.0. The SMILES string of the molecule is CCOC(=O)C(O)(c1c[nH]c2ccc(NC(=O)Nc3ccccc3)cc12)C(F)(F)F. The molecule has 4 N–H and O–H groups in total. The van der Waals surface area contributed by atoms with Crippen LogP contribution in [0, 0.1) is 0 Å². The van der Waals surface area contributed by atoms with E-state index in [4.69, 9.17) is 0 Å². The van der Waals surface area contributed by atoms with Crippen molar-refractivity contribution in [1.82, 2.24) is 4.98 Å². The van der Waals surface area contributed by atoms with Gasteiger partial charge in [0.05, 0.1) is 6.61 Å². The van der Waals surface area contributed by atoms with Crippen molar-refractivity contribution < 1.29 is 32.6 Å². The topological polar surface area (TPSA) is 103 Å². The number of urea groups is 1. The van der Waals surface area contributed by atoms with Crippen molar-refractivity contribution in [3.8, 4) is 0 Å². The van der Waals surface area contributed by atoms with Crippen LogP contribution >= 0.6 is 0 Å². The first-order valence-corrected chi connectivity index (χ1v) is 8.87. The van der Waals surface area contributed by atoms with Crippen LogP contribution in [0.15, 0.2) is 54.7 Å². The van der Waals surface area contributed by atoms with Crippen LogP contribution in [-0.4, -0.2) is 34.9 Å². The van der Waals surface area contributed by atoms with Gasteiger partial charge in [-0.05, 0) is 37.3 Å². The molecule has 2 amide bonds. The molecule has 1 atom stereocenters. The first kappa shape index (κ1) is 21.2. The van der Waals surface area contributed by atoms with E-state index in [1.54, 1.807) is 30.3 Å². The number of aromatic amines is 1. The molecule has 0 aliphatic heterocycles. The van der Waals surface area contributed by atoms with E-state index in [9.17, 15) is 27.9 Å². The molecule has 1 heterocycles. The number of rotatable bonds is 5. The van der Waals surface area contributed by atoms with Gasteiger partial charge < -0.3 is 25.5 Å². The minimum atomic E-state index is -5.33. The number of alkyl halides is 3. The minimum Gasteiger partial charge on any atom is -0.463 e. The highest BCUT2D eigenvalue weighted by atomic mass is 19.4. The lowest BCUT2D eigenvalue weighted by Crippen LogP contribution is -2.50. The maximum Gasteiger partial charge on any atom is 0.432 e. The van der Waals surface area contributed by atoms with Crippen LogP contribution in [0.3, 0.4) is 0 Å². The van der Waals surface area contributed by atoms with Crippen molar-refractivity contribution in [1.29, 1.82) is 0 Å². The largest absolute Gasteiger partial charge is 0.463 e. The number of nitrogens with one attached hydrogen (secondary N) is 3. The first-order valence-electron chi connectivity index (χ1n) is 8.87. The number of hydrogen-bond acceptors (Lipinski definition) is 4. The summed E-state index contributed by atoms with van der Waals surface area (Å²) in [6.45, 7) is 0.989. The normalized spacial score (nSPS) is 13.5. The molecule has 3 rings (SSSR count). The van der Waals surface area contributed by atoms with Gasteiger partial charge in [-0.3, -0.25) is 0 Å². The number of fused-ring (bicyclic) bond motifs is 1. The molecule has 0 fully saturated rings. The summed E-state index contributed by atoms with van der Waals surface area (Å²) >= 11 is 0. The number of aromatic nitrogens is 1. The van der Waals surface area contributed by atoms with Crippen molar-refractivity contribution in [3.05, 3.63) is 60.3 Å². The number of aliphatic hydroxyl groups is 1. The molecule has 0 saturated carbocycles. The molecule has 0 aliphatic rings. The summed E-state index contributed by atoms with van der Waals surface area (Å²) in [5.41, 5.74) is -3.69. The van der Waals surface area contributed by atoms with E-state index in [2.05, 4.69) is 20.4 Å². The van der Waals surface area contributed by atoms with Gasteiger partial charge >= 0.3 is 18.2 Å². The van der Waals surface area contributed by atoms with E-state index >= 15 is 0 Å². The van der Waals surface area contributed by atoms with Crippen LogP contribution in [0.5, 0.6) is 0 Å². The maximum absolute atomic E-state index is 13.7. The molecule has 0 spiro atoms. The fourth-order valence-corrected chi connectivity index (χ4v) is 2.93. The van der Waals surface area contributed by atoms with Crippen LogP contribution in [0.4, 0.5) is 29.3 Å². The number of ether oxygens (including phenoxy) is 1. The van der Waals surface area contributed by atoms with Crippen molar-refractivity contribution in [2.45, 2.75) is 18.7 Å². The van der Waals surface area contributed by atoms with Crippen molar-refractivity contribution in [2.24, 2.45) is 0 Å². The molecule has 3 aromatic rings. The molecule has 30 heavy (non-hydrogen) atoms. The number of para-hydroxylation sites is 1. The third-order valence-electron chi connectivity index (χ3n) is 4.34. The Morgan fingerprint density at radius 2 is 1.73 bits per heavy atom. The zero-order chi connectivity index (χ0) is 21.9. The average Bonchev–Trinajstić information content (AvgIpc) is 3.11. The Kier molecular flexibility index (Phi) is 5.70. The van der Waals surface area contributed by atoms with E-state index in [1.165, 1.54) is 25.1 Å². The first-order chi connectivity index (χ1) is 14.2. The highest BCUT2D eigenvalue weighted by Gasteiger charge is 2.63. The Labute approximate surface area is 168 Å². The second-order valence-electron chi connectivity index (χ2n) is 6.34. The van der Waals surface area contributed by atoms with Crippen molar-refractivity contribution in [3.63, 3.8) is 0 Å². The second-order valence-corrected chi connectivity index (χ2v) is 6.34. The number of esters is 1. The summed E-state index contributed by atoms with van der Waals surface area (Å²) in [4.78, 5) is 26.8. The average molecular weight is 421 g/mol. The molecule has 10 heteroatoms. The van der Waals surface area contributed by atoms with Gasteiger partial charge in [0.2, 0.25) is 0 Å². The number of benzene rings is 2. The number of halogens is 3. The Morgan fingerprint density at radius 3 is 2.37 bits per heavy atom. The van der Waals surface area contributed by atoms with E-state index < -0.39 is 29.3 Å². The fraction of sp³-hybridized carbons (Fsp3) is 0.200. The summed E-state index contributed by atoms with van der Waals surface area (Å²) < 4.78 is 45.5. The molecule has 7 nitrogen and oxygen atoms in total. The van der Waals surface area contributed by atoms with Crippen molar-refractivity contribution in [2.75, 3.05) is 17.2 Å². The van der Waals surface area contributed by atoms with Gasteiger partial charge in [0, 0.05) is 34.0 Å². The minimum absolute atomic E-state index is 0.0969. The zero-order valence-electron chi connectivity index (χ0n) is 15.7. The molecule has 2 aromatic carbocycles.